The number of nitrogens with zero attached hydrogens (tertiary/aromatic N) is 3. The van der Waals surface area contributed by atoms with Gasteiger partial charge in [-0.05, 0) is 30.5 Å². The minimum atomic E-state index is -0.902. The summed E-state index contributed by atoms with van der Waals surface area (Å²) >= 11 is 0. The van der Waals surface area contributed by atoms with Crippen LogP contribution in [0.1, 0.15) is 46.7 Å². The number of fused-ring (bicyclic) bond motifs is 1. The first kappa shape index (κ1) is 22.6. The molecular formula is C29H27N3O3. The van der Waals surface area contributed by atoms with E-state index in [1.807, 2.05) is 72.1 Å². The lowest BCUT2D eigenvalue weighted by molar-refractivity contribution is -0.136. The summed E-state index contributed by atoms with van der Waals surface area (Å²) < 4.78 is 7.88. The number of furan rings is 1. The van der Waals surface area contributed by atoms with Crippen LogP contribution in [0.4, 0.5) is 0 Å². The molecule has 0 fully saturated rings. The molecule has 176 valence electrons. The topological polar surface area (TPSA) is 80.6 Å². The smallest absolute Gasteiger partial charge is 0.309 e. The Bertz CT molecular complexity index is 1480. The lowest BCUT2D eigenvalue weighted by Crippen LogP contribution is -2.08. The Hall–Kier alpha value is -4.19. The first-order valence-corrected chi connectivity index (χ1v) is 11.8. The minimum absolute atomic E-state index is 0.139. The number of hydrogen-bond donors (Lipinski definition) is 1. The van der Waals surface area contributed by atoms with Gasteiger partial charge in [-0.25, -0.2) is 9.97 Å². The number of rotatable bonds is 8. The van der Waals surface area contributed by atoms with Crippen molar-refractivity contribution in [1.82, 2.24) is 14.4 Å². The first-order chi connectivity index (χ1) is 17.0. The van der Waals surface area contributed by atoms with E-state index in [9.17, 15) is 9.90 Å². The summed E-state index contributed by atoms with van der Waals surface area (Å²) in [6.45, 7) is 4.05. The number of hydrogen-bond acceptors (Lipinski definition) is 4. The normalized spacial score (nSPS) is 11.3. The zero-order chi connectivity index (χ0) is 24.4. The highest BCUT2D eigenvalue weighted by atomic mass is 16.4. The van der Waals surface area contributed by atoms with Gasteiger partial charge < -0.3 is 9.52 Å². The van der Waals surface area contributed by atoms with Crippen LogP contribution in [0, 0.1) is 6.92 Å². The van der Waals surface area contributed by atoms with Crippen molar-refractivity contribution in [3.63, 3.8) is 0 Å². The van der Waals surface area contributed by atoms with Gasteiger partial charge in [0.2, 0.25) is 0 Å². The molecule has 3 aromatic heterocycles. The molecule has 0 aliphatic carbocycles. The molecular weight excluding hydrogens is 438 g/mol. The van der Waals surface area contributed by atoms with Gasteiger partial charge >= 0.3 is 5.97 Å². The molecule has 6 heteroatoms. The Kier molecular flexibility index (Phi) is 6.19. The van der Waals surface area contributed by atoms with E-state index in [1.54, 1.807) is 0 Å². The van der Waals surface area contributed by atoms with Gasteiger partial charge in [-0.3, -0.25) is 9.20 Å². The Morgan fingerprint density at radius 2 is 1.69 bits per heavy atom. The highest BCUT2D eigenvalue weighted by Crippen LogP contribution is 2.26. The summed E-state index contributed by atoms with van der Waals surface area (Å²) in [5.74, 6) is 0.777. The third-order valence-corrected chi connectivity index (χ3v) is 6.25. The molecule has 35 heavy (non-hydrogen) atoms. The lowest BCUT2D eigenvalue weighted by Gasteiger charge is -2.09. The van der Waals surface area contributed by atoms with Crippen molar-refractivity contribution in [2.24, 2.45) is 0 Å². The molecule has 6 nitrogen and oxygen atoms in total. The van der Waals surface area contributed by atoms with Crippen molar-refractivity contribution in [3.8, 4) is 11.3 Å². The number of carbonyl (C=O) groups is 1. The number of benzene rings is 2. The monoisotopic (exact) mass is 465 g/mol. The maximum absolute atomic E-state index is 11.9. The molecule has 5 rings (SSSR count). The fraction of sp³-hybridized carbons (Fsp3) is 0.207. The summed E-state index contributed by atoms with van der Waals surface area (Å²) in [4.78, 5) is 21.8. The molecule has 5 aromatic rings. The van der Waals surface area contributed by atoms with Crippen LogP contribution in [-0.4, -0.2) is 25.4 Å². The molecule has 0 aliphatic heterocycles. The SMILES string of the molecule is CCc1cc(Cc2nc3c(Cc4ccccc4)nc(-c4ccccc4)cn3c2CC(=O)O)oc1C. The van der Waals surface area contributed by atoms with E-state index in [1.165, 1.54) is 0 Å². The van der Waals surface area contributed by atoms with E-state index in [2.05, 4.69) is 19.1 Å². The zero-order valence-electron chi connectivity index (χ0n) is 19.9. The van der Waals surface area contributed by atoms with E-state index in [0.717, 1.165) is 46.0 Å². The van der Waals surface area contributed by atoms with Gasteiger partial charge in [0.15, 0.2) is 5.65 Å². The van der Waals surface area contributed by atoms with Crippen LogP contribution in [0.3, 0.4) is 0 Å². The van der Waals surface area contributed by atoms with Crippen LogP contribution in [0.25, 0.3) is 16.9 Å². The third-order valence-electron chi connectivity index (χ3n) is 6.25. The first-order valence-electron chi connectivity index (χ1n) is 11.8. The molecule has 0 saturated heterocycles. The van der Waals surface area contributed by atoms with Crippen LogP contribution in [0.2, 0.25) is 0 Å². The van der Waals surface area contributed by atoms with Crippen molar-refractivity contribution in [3.05, 3.63) is 113 Å². The van der Waals surface area contributed by atoms with Crippen molar-refractivity contribution < 1.29 is 14.3 Å². The largest absolute Gasteiger partial charge is 0.481 e. The molecule has 0 saturated carbocycles. The van der Waals surface area contributed by atoms with Crippen molar-refractivity contribution >= 4 is 11.6 Å². The van der Waals surface area contributed by atoms with E-state index in [-0.39, 0.29) is 6.42 Å². The number of carboxylic acid groups (broad SMARTS) is 1. The molecule has 1 N–H and O–H groups in total. The molecule has 3 heterocycles. The summed E-state index contributed by atoms with van der Waals surface area (Å²) in [6.07, 6.45) is 3.66. The molecule has 0 bridgehead atoms. The number of aromatic nitrogens is 3. The second-order valence-corrected chi connectivity index (χ2v) is 8.70. The van der Waals surface area contributed by atoms with Crippen LogP contribution in [0.15, 0.2) is 77.3 Å². The Morgan fingerprint density at radius 1 is 0.971 bits per heavy atom. The summed E-state index contributed by atoms with van der Waals surface area (Å²) in [5, 5.41) is 9.73. The Morgan fingerprint density at radius 3 is 2.34 bits per heavy atom. The summed E-state index contributed by atoms with van der Waals surface area (Å²) in [6, 6.07) is 22.1. The fourth-order valence-electron chi connectivity index (χ4n) is 4.52. The van der Waals surface area contributed by atoms with Crippen LogP contribution in [0.5, 0.6) is 0 Å². The highest BCUT2D eigenvalue weighted by Gasteiger charge is 2.21. The molecule has 0 atom stereocenters. The van der Waals surface area contributed by atoms with Gasteiger partial charge in [-0.1, -0.05) is 67.6 Å². The van der Waals surface area contributed by atoms with Gasteiger partial charge in [0.1, 0.15) is 11.5 Å². The van der Waals surface area contributed by atoms with Gasteiger partial charge in [-0.15, -0.1) is 0 Å². The summed E-state index contributed by atoms with van der Waals surface area (Å²) in [5.41, 5.74) is 6.85. The number of carboxylic acids is 1. The average Bonchev–Trinajstić information content (AvgIpc) is 3.39. The third kappa shape index (κ3) is 4.73. The maximum Gasteiger partial charge on any atom is 0.309 e. The Labute approximate surface area is 203 Å². The van der Waals surface area contributed by atoms with Gasteiger partial charge in [0.25, 0.3) is 0 Å². The van der Waals surface area contributed by atoms with Crippen LogP contribution in [-0.2, 0) is 30.5 Å². The maximum atomic E-state index is 11.9. The fourth-order valence-corrected chi connectivity index (χ4v) is 4.52. The second-order valence-electron chi connectivity index (χ2n) is 8.70. The minimum Gasteiger partial charge on any atom is -0.481 e. The Balaban J connectivity index is 1.69. The molecule has 2 aromatic carbocycles. The van der Waals surface area contributed by atoms with Crippen molar-refractivity contribution in [2.75, 3.05) is 0 Å². The van der Waals surface area contributed by atoms with E-state index < -0.39 is 5.97 Å². The molecule has 0 spiro atoms. The van der Waals surface area contributed by atoms with Crippen molar-refractivity contribution in [2.45, 2.75) is 39.5 Å². The lowest BCUT2D eigenvalue weighted by atomic mass is 10.1. The van der Waals surface area contributed by atoms with Gasteiger partial charge in [0, 0.05) is 18.2 Å². The van der Waals surface area contributed by atoms with Gasteiger partial charge in [-0.2, -0.15) is 0 Å². The number of imidazole rings is 1. The molecule has 0 amide bonds. The number of aryl methyl sites for hydroxylation is 2. The average molecular weight is 466 g/mol. The standard InChI is InChI=1S/C29H27N3O3/c1-3-21-15-23(35-19(21)2)16-24-27(17-28(33)34)32-18-26(22-12-8-5-9-13-22)30-25(29(32)31-24)14-20-10-6-4-7-11-20/h4-13,15,18H,3,14,16-17H2,1-2H3,(H,33,34). The van der Waals surface area contributed by atoms with Gasteiger partial charge in [0.05, 0.1) is 35.6 Å². The van der Waals surface area contributed by atoms with Crippen molar-refractivity contribution in [1.29, 1.82) is 0 Å². The second kappa shape index (κ2) is 9.58. The molecule has 0 unspecified atom stereocenters. The van der Waals surface area contributed by atoms with Crippen LogP contribution >= 0.6 is 0 Å². The van der Waals surface area contributed by atoms with E-state index >= 15 is 0 Å². The summed E-state index contributed by atoms with van der Waals surface area (Å²) in [7, 11) is 0. The molecule has 0 aliphatic rings. The predicted molar refractivity (Wildman–Crippen MR) is 135 cm³/mol. The van der Waals surface area contributed by atoms with E-state index in [4.69, 9.17) is 14.4 Å². The zero-order valence-corrected chi connectivity index (χ0v) is 19.9. The highest BCUT2D eigenvalue weighted by molar-refractivity contribution is 5.71. The molecule has 0 radical (unpaired) electrons. The van der Waals surface area contributed by atoms with Crippen LogP contribution < -0.4 is 0 Å². The predicted octanol–water partition coefficient (Wildman–Crippen LogP) is 5.67. The quantitative estimate of drug-likeness (QED) is 0.319. The number of aliphatic carboxylic acids is 1. The van der Waals surface area contributed by atoms with E-state index in [0.29, 0.717) is 29.9 Å².